The molecular formula is C16H14N4O2S. The average molecular weight is 326 g/mol. The first-order valence-corrected chi connectivity index (χ1v) is 8.34. The Hall–Kier alpha value is -2.54. The highest BCUT2D eigenvalue weighted by molar-refractivity contribution is 7.17. The highest BCUT2D eigenvalue weighted by Crippen LogP contribution is 2.29. The van der Waals surface area contributed by atoms with Crippen molar-refractivity contribution in [3.05, 3.63) is 46.0 Å². The minimum atomic E-state index is -0.273. The van der Waals surface area contributed by atoms with E-state index >= 15 is 0 Å². The van der Waals surface area contributed by atoms with Crippen LogP contribution < -0.4 is 5.56 Å². The second-order valence-electron chi connectivity index (χ2n) is 5.46. The number of nitrogens with zero attached hydrogens (tertiary/aromatic N) is 3. The Balaban J connectivity index is 1.85. The van der Waals surface area contributed by atoms with Gasteiger partial charge in [0, 0.05) is 30.2 Å². The molecule has 4 heterocycles. The van der Waals surface area contributed by atoms with E-state index in [1.165, 1.54) is 11.3 Å². The number of pyridine rings is 1. The molecule has 6 nitrogen and oxygen atoms in total. The number of carbonyl (C=O) groups excluding carboxylic acids is 1. The molecule has 1 amide bonds. The van der Waals surface area contributed by atoms with Gasteiger partial charge in [0.2, 0.25) is 0 Å². The van der Waals surface area contributed by atoms with E-state index in [1.807, 2.05) is 23.6 Å². The van der Waals surface area contributed by atoms with Crippen molar-refractivity contribution < 1.29 is 4.79 Å². The fraction of sp³-hybridized carbons (Fsp3) is 0.250. The summed E-state index contributed by atoms with van der Waals surface area (Å²) in [5, 5.41) is 1.86. The number of carbonyl (C=O) groups is 1. The van der Waals surface area contributed by atoms with E-state index in [2.05, 4.69) is 15.0 Å². The maximum atomic E-state index is 12.5. The molecule has 116 valence electrons. The van der Waals surface area contributed by atoms with Crippen molar-refractivity contribution in [3.8, 4) is 11.3 Å². The lowest BCUT2D eigenvalue weighted by Crippen LogP contribution is -2.30. The van der Waals surface area contributed by atoms with Crippen LogP contribution in [0.3, 0.4) is 0 Å². The van der Waals surface area contributed by atoms with Crippen LogP contribution in [0.5, 0.6) is 0 Å². The summed E-state index contributed by atoms with van der Waals surface area (Å²) in [5.74, 6) is -0.0975. The maximum absolute atomic E-state index is 12.5. The van der Waals surface area contributed by atoms with Crippen LogP contribution in [-0.2, 0) is 0 Å². The van der Waals surface area contributed by atoms with Crippen LogP contribution in [0, 0.1) is 0 Å². The largest absolute Gasteiger partial charge is 0.336 e. The molecule has 3 aromatic heterocycles. The number of thiophene rings is 1. The molecule has 1 saturated heterocycles. The molecule has 3 aromatic rings. The Bertz CT molecular complexity index is 926. The predicted octanol–water partition coefficient (Wildman–Crippen LogP) is 2.28. The number of fused-ring (bicyclic) bond motifs is 1. The lowest BCUT2D eigenvalue weighted by Gasteiger charge is -2.14. The van der Waals surface area contributed by atoms with E-state index in [-0.39, 0.29) is 17.3 Å². The van der Waals surface area contributed by atoms with E-state index in [0.717, 1.165) is 37.2 Å². The Morgan fingerprint density at radius 1 is 1.26 bits per heavy atom. The molecule has 23 heavy (non-hydrogen) atoms. The summed E-state index contributed by atoms with van der Waals surface area (Å²) >= 11 is 1.32. The summed E-state index contributed by atoms with van der Waals surface area (Å²) in [6.07, 6.45) is 3.69. The average Bonchev–Trinajstić information content (AvgIpc) is 3.25. The molecule has 1 N–H and O–H groups in total. The number of hydrogen-bond donors (Lipinski definition) is 1. The minimum Gasteiger partial charge on any atom is -0.336 e. The number of rotatable bonds is 2. The second-order valence-corrected chi connectivity index (χ2v) is 6.34. The van der Waals surface area contributed by atoms with Crippen molar-refractivity contribution in [3.63, 3.8) is 0 Å². The van der Waals surface area contributed by atoms with Gasteiger partial charge in [-0.1, -0.05) is 6.07 Å². The van der Waals surface area contributed by atoms with Crippen LogP contribution in [0.4, 0.5) is 0 Å². The van der Waals surface area contributed by atoms with Crippen molar-refractivity contribution in [1.82, 2.24) is 19.9 Å². The zero-order valence-corrected chi connectivity index (χ0v) is 13.1. The van der Waals surface area contributed by atoms with E-state index in [1.54, 1.807) is 11.1 Å². The van der Waals surface area contributed by atoms with Gasteiger partial charge in [-0.05, 0) is 25.0 Å². The number of likely N-dealkylation sites (tertiary alicyclic amines) is 1. The third-order valence-corrected chi connectivity index (χ3v) is 4.93. The number of aromatic amines is 1. The number of hydrogen-bond acceptors (Lipinski definition) is 5. The van der Waals surface area contributed by atoms with Crippen LogP contribution in [0.2, 0.25) is 0 Å². The topological polar surface area (TPSA) is 79.0 Å². The number of nitrogens with one attached hydrogen (secondary N) is 1. The van der Waals surface area contributed by atoms with Gasteiger partial charge in [0.1, 0.15) is 4.70 Å². The van der Waals surface area contributed by atoms with Gasteiger partial charge in [0.15, 0.2) is 5.82 Å². The predicted molar refractivity (Wildman–Crippen MR) is 88.6 cm³/mol. The lowest BCUT2D eigenvalue weighted by atomic mass is 10.2. The summed E-state index contributed by atoms with van der Waals surface area (Å²) in [7, 11) is 0. The van der Waals surface area contributed by atoms with Crippen LogP contribution in [0.1, 0.15) is 23.5 Å². The molecule has 1 fully saturated rings. The summed E-state index contributed by atoms with van der Waals surface area (Å²) in [4.78, 5) is 37.9. The number of H-pyrrole nitrogens is 1. The molecular weight excluding hydrogens is 312 g/mol. The first-order valence-electron chi connectivity index (χ1n) is 7.46. The van der Waals surface area contributed by atoms with Crippen molar-refractivity contribution in [2.45, 2.75) is 12.8 Å². The van der Waals surface area contributed by atoms with Gasteiger partial charge in [-0.15, -0.1) is 11.3 Å². The van der Waals surface area contributed by atoms with Crippen LogP contribution in [-0.4, -0.2) is 38.8 Å². The Morgan fingerprint density at radius 2 is 2.09 bits per heavy atom. The lowest BCUT2D eigenvalue weighted by molar-refractivity contribution is 0.0781. The van der Waals surface area contributed by atoms with Crippen molar-refractivity contribution in [2.75, 3.05) is 13.1 Å². The van der Waals surface area contributed by atoms with Gasteiger partial charge in [0.05, 0.1) is 11.2 Å². The fourth-order valence-corrected chi connectivity index (χ4v) is 3.70. The summed E-state index contributed by atoms with van der Waals surface area (Å²) in [5.41, 5.74) is 1.80. The first kappa shape index (κ1) is 14.1. The zero-order valence-electron chi connectivity index (χ0n) is 12.3. The summed E-state index contributed by atoms with van der Waals surface area (Å²) in [6.45, 7) is 1.44. The van der Waals surface area contributed by atoms with Gasteiger partial charge in [-0.2, -0.15) is 0 Å². The molecule has 0 spiro atoms. The zero-order chi connectivity index (χ0) is 15.8. The highest BCUT2D eigenvalue weighted by atomic mass is 32.1. The van der Waals surface area contributed by atoms with Crippen molar-refractivity contribution in [1.29, 1.82) is 0 Å². The number of aromatic nitrogens is 3. The molecule has 0 aliphatic carbocycles. The second kappa shape index (κ2) is 5.58. The molecule has 0 unspecified atom stereocenters. The normalized spacial score (nSPS) is 14.5. The smallest absolute Gasteiger partial charge is 0.289 e. The Labute approximate surface area is 135 Å². The molecule has 1 aliphatic rings. The molecule has 7 heteroatoms. The van der Waals surface area contributed by atoms with Gasteiger partial charge in [0.25, 0.3) is 11.5 Å². The third-order valence-electron chi connectivity index (χ3n) is 3.96. The summed E-state index contributed by atoms with van der Waals surface area (Å²) in [6, 6.07) is 5.59. The fourth-order valence-electron chi connectivity index (χ4n) is 2.80. The maximum Gasteiger partial charge on any atom is 0.289 e. The molecule has 0 saturated carbocycles. The van der Waals surface area contributed by atoms with Gasteiger partial charge in [-0.25, -0.2) is 4.98 Å². The van der Waals surface area contributed by atoms with E-state index in [9.17, 15) is 9.59 Å². The third kappa shape index (κ3) is 2.43. The molecule has 0 bridgehead atoms. The highest BCUT2D eigenvalue weighted by Gasteiger charge is 2.23. The van der Waals surface area contributed by atoms with E-state index < -0.39 is 0 Å². The SMILES string of the molecule is O=C(c1nc2c(-c3ccccn3)csc2c(=O)[nH]1)N1CCCC1. The molecule has 1 aliphatic heterocycles. The quantitative estimate of drug-likeness (QED) is 0.783. The monoisotopic (exact) mass is 326 g/mol. The Kier molecular flexibility index (Phi) is 3.42. The molecule has 0 atom stereocenters. The first-order chi connectivity index (χ1) is 11.2. The molecule has 0 radical (unpaired) electrons. The van der Waals surface area contributed by atoms with E-state index in [0.29, 0.717) is 10.2 Å². The summed E-state index contributed by atoms with van der Waals surface area (Å²) < 4.78 is 0.517. The van der Waals surface area contributed by atoms with Crippen LogP contribution in [0.15, 0.2) is 34.6 Å². The van der Waals surface area contributed by atoms with Gasteiger partial charge in [-0.3, -0.25) is 14.6 Å². The minimum absolute atomic E-state index is 0.111. The number of amides is 1. The van der Waals surface area contributed by atoms with Crippen molar-refractivity contribution in [2.24, 2.45) is 0 Å². The molecule has 0 aromatic carbocycles. The van der Waals surface area contributed by atoms with Crippen LogP contribution >= 0.6 is 11.3 Å². The standard InChI is InChI=1S/C16H14N4O2S/c21-15-13-12(10(9-23-13)11-5-1-2-6-17-11)18-14(19-15)16(22)20-7-3-4-8-20/h1-2,5-6,9H,3-4,7-8H2,(H,18,19,21). The molecule has 4 rings (SSSR count). The van der Waals surface area contributed by atoms with Crippen LogP contribution in [0.25, 0.3) is 21.5 Å². The van der Waals surface area contributed by atoms with Crippen molar-refractivity contribution >= 4 is 27.5 Å². The van der Waals surface area contributed by atoms with Gasteiger partial charge < -0.3 is 9.88 Å². The van der Waals surface area contributed by atoms with E-state index in [4.69, 9.17) is 0 Å². The Morgan fingerprint density at radius 3 is 2.83 bits per heavy atom. The van der Waals surface area contributed by atoms with Gasteiger partial charge >= 0.3 is 0 Å².